The van der Waals surface area contributed by atoms with Crippen LogP contribution in [0.5, 0.6) is 0 Å². The van der Waals surface area contributed by atoms with Crippen LogP contribution < -0.4 is 10.2 Å². The third-order valence-electron chi connectivity index (χ3n) is 3.08. The van der Waals surface area contributed by atoms with Crippen molar-refractivity contribution in [2.45, 2.75) is 27.2 Å². The number of rotatable bonds is 3. The predicted octanol–water partition coefficient (Wildman–Crippen LogP) is 2.44. The molecule has 0 saturated carbocycles. The Labute approximate surface area is 113 Å². The van der Waals surface area contributed by atoms with Gasteiger partial charge < -0.3 is 10.2 Å². The van der Waals surface area contributed by atoms with E-state index in [4.69, 9.17) is 11.6 Å². The molecule has 1 saturated heterocycles. The number of anilines is 2. The first-order chi connectivity index (χ1) is 8.58. The minimum atomic E-state index is 0.252. The van der Waals surface area contributed by atoms with Crippen LogP contribution in [0.2, 0.25) is 5.28 Å². The molecule has 2 atom stereocenters. The molecule has 0 spiro atoms. The average Bonchev–Trinajstić information content (AvgIpc) is 2.27. The summed E-state index contributed by atoms with van der Waals surface area (Å²) in [6.45, 7) is 9.26. The first kappa shape index (κ1) is 13.3. The maximum absolute atomic E-state index is 5.95. The molecule has 6 heteroatoms. The molecule has 1 aromatic rings. The average molecular weight is 270 g/mol. The lowest BCUT2D eigenvalue weighted by Crippen LogP contribution is -2.39. The summed E-state index contributed by atoms with van der Waals surface area (Å²) in [5.74, 6) is 2.56. The van der Waals surface area contributed by atoms with Crippen molar-refractivity contribution in [3.63, 3.8) is 0 Å². The Hall–Kier alpha value is -1.10. The smallest absolute Gasteiger partial charge is 0.231 e. The summed E-state index contributed by atoms with van der Waals surface area (Å²) in [7, 11) is 0. The Morgan fingerprint density at radius 1 is 1.22 bits per heavy atom. The summed E-state index contributed by atoms with van der Waals surface area (Å²) in [6.07, 6.45) is 1.26. The summed E-state index contributed by atoms with van der Waals surface area (Å²) >= 11 is 5.95. The fourth-order valence-corrected chi connectivity index (χ4v) is 2.70. The van der Waals surface area contributed by atoms with Gasteiger partial charge in [0, 0.05) is 19.6 Å². The lowest BCUT2D eigenvalue weighted by Gasteiger charge is -2.34. The van der Waals surface area contributed by atoms with E-state index < -0.39 is 0 Å². The number of hydrogen-bond acceptors (Lipinski definition) is 5. The van der Waals surface area contributed by atoms with Crippen LogP contribution in [0.4, 0.5) is 11.9 Å². The van der Waals surface area contributed by atoms with Gasteiger partial charge in [-0.2, -0.15) is 15.0 Å². The molecule has 0 bridgehead atoms. The third kappa shape index (κ3) is 3.22. The predicted molar refractivity (Wildman–Crippen MR) is 74.2 cm³/mol. The van der Waals surface area contributed by atoms with Crippen molar-refractivity contribution in [1.29, 1.82) is 0 Å². The molecule has 0 amide bonds. The maximum Gasteiger partial charge on any atom is 0.231 e. The number of nitrogens with zero attached hydrogens (tertiary/aromatic N) is 4. The van der Waals surface area contributed by atoms with Gasteiger partial charge in [0.2, 0.25) is 17.2 Å². The monoisotopic (exact) mass is 269 g/mol. The van der Waals surface area contributed by atoms with Crippen molar-refractivity contribution in [2.24, 2.45) is 11.8 Å². The summed E-state index contributed by atoms with van der Waals surface area (Å²) in [5, 5.41) is 3.33. The van der Waals surface area contributed by atoms with Crippen LogP contribution in [-0.2, 0) is 0 Å². The largest absolute Gasteiger partial charge is 0.354 e. The van der Waals surface area contributed by atoms with Gasteiger partial charge in [-0.05, 0) is 36.8 Å². The highest BCUT2D eigenvalue weighted by molar-refractivity contribution is 6.28. The van der Waals surface area contributed by atoms with Gasteiger partial charge in [-0.3, -0.25) is 0 Å². The van der Waals surface area contributed by atoms with Crippen molar-refractivity contribution >= 4 is 23.5 Å². The van der Waals surface area contributed by atoms with E-state index in [0.29, 0.717) is 23.7 Å². The number of nitrogens with one attached hydrogen (secondary N) is 1. The lowest BCUT2D eigenvalue weighted by molar-refractivity contribution is 0.353. The zero-order valence-electron chi connectivity index (χ0n) is 11.1. The Kier molecular flexibility index (Phi) is 4.22. The number of piperidine rings is 1. The van der Waals surface area contributed by atoms with Gasteiger partial charge >= 0.3 is 0 Å². The highest BCUT2D eigenvalue weighted by Gasteiger charge is 2.24. The van der Waals surface area contributed by atoms with Crippen molar-refractivity contribution in [3.05, 3.63) is 5.28 Å². The maximum atomic E-state index is 5.95. The Bertz CT molecular complexity index is 401. The van der Waals surface area contributed by atoms with Crippen LogP contribution >= 0.6 is 11.6 Å². The molecule has 2 heterocycles. The first-order valence-corrected chi connectivity index (χ1v) is 6.86. The van der Waals surface area contributed by atoms with Crippen LogP contribution in [0.15, 0.2) is 0 Å². The number of halogens is 1. The van der Waals surface area contributed by atoms with Crippen LogP contribution in [0.25, 0.3) is 0 Å². The molecule has 2 unspecified atom stereocenters. The fourth-order valence-electron chi connectivity index (χ4n) is 2.54. The van der Waals surface area contributed by atoms with Crippen LogP contribution in [0.1, 0.15) is 27.2 Å². The molecule has 2 rings (SSSR count). The van der Waals surface area contributed by atoms with Gasteiger partial charge in [-0.15, -0.1) is 0 Å². The van der Waals surface area contributed by atoms with Gasteiger partial charge in [0.1, 0.15) is 0 Å². The van der Waals surface area contributed by atoms with Gasteiger partial charge in [-0.25, -0.2) is 0 Å². The number of aromatic nitrogens is 3. The summed E-state index contributed by atoms with van der Waals surface area (Å²) in [4.78, 5) is 14.9. The van der Waals surface area contributed by atoms with Crippen LogP contribution in [0.3, 0.4) is 0 Å². The van der Waals surface area contributed by atoms with Gasteiger partial charge in [0.05, 0.1) is 0 Å². The van der Waals surface area contributed by atoms with E-state index in [1.165, 1.54) is 6.42 Å². The van der Waals surface area contributed by atoms with E-state index in [2.05, 4.69) is 39.0 Å². The Balaban J connectivity index is 2.21. The third-order valence-corrected chi connectivity index (χ3v) is 3.25. The first-order valence-electron chi connectivity index (χ1n) is 6.49. The fraction of sp³-hybridized carbons (Fsp3) is 0.750. The van der Waals surface area contributed by atoms with E-state index in [-0.39, 0.29) is 5.28 Å². The van der Waals surface area contributed by atoms with E-state index in [0.717, 1.165) is 19.6 Å². The van der Waals surface area contributed by atoms with Gasteiger partial charge in [0.25, 0.3) is 0 Å². The Morgan fingerprint density at radius 3 is 2.50 bits per heavy atom. The van der Waals surface area contributed by atoms with E-state index in [1.54, 1.807) is 0 Å². The Morgan fingerprint density at radius 2 is 1.89 bits per heavy atom. The molecule has 1 aliphatic rings. The minimum absolute atomic E-state index is 0.252. The molecule has 5 nitrogen and oxygen atoms in total. The minimum Gasteiger partial charge on any atom is -0.354 e. The molecule has 0 radical (unpaired) electrons. The van der Waals surface area contributed by atoms with Crippen LogP contribution in [0, 0.1) is 11.8 Å². The zero-order chi connectivity index (χ0) is 13.1. The normalized spacial score (nSPS) is 24.1. The van der Waals surface area contributed by atoms with Crippen molar-refractivity contribution in [3.8, 4) is 0 Å². The van der Waals surface area contributed by atoms with E-state index in [1.807, 2.05) is 6.92 Å². The highest BCUT2D eigenvalue weighted by Crippen LogP contribution is 2.24. The topological polar surface area (TPSA) is 53.9 Å². The quantitative estimate of drug-likeness (QED) is 0.913. The summed E-state index contributed by atoms with van der Waals surface area (Å²) in [6, 6.07) is 0. The van der Waals surface area contributed by atoms with Crippen LogP contribution in [-0.4, -0.2) is 34.6 Å². The molecular formula is C12H20ClN5. The molecule has 18 heavy (non-hydrogen) atoms. The van der Waals surface area contributed by atoms with Gasteiger partial charge in [-0.1, -0.05) is 13.8 Å². The standard InChI is InChI=1S/C12H20ClN5/c1-4-14-11-15-10(13)16-12(17-11)18-6-8(2)5-9(3)7-18/h8-9H,4-7H2,1-3H3,(H,14,15,16,17). The molecule has 1 fully saturated rings. The zero-order valence-corrected chi connectivity index (χ0v) is 11.9. The summed E-state index contributed by atoms with van der Waals surface area (Å²) in [5.41, 5.74) is 0. The molecule has 1 N–H and O–H groups in total. The molecule has 0 aromatic carbocycles. The highest BCUT2D eigenvalue weighted by atomic mass is 35.5. The van der Waals surface area contributed by atoms with Crippen molar-refractivity contribution < 1.29 is 0 Å². The lowest BCUT2D eigenvalue weighted by atomic mass is 9.92. The second-order valence-electron chi connectivity index (χ2n) is 5.11. The second-order valence-corrected chi connectivity index (χ2v) is 5.45. The molecule has 1 aliphatic heterocycles. The molecule has 100 valence electrons. The van der Waals surface area contributed by atoms with Gasteiger partial charge in [0.15, 0.2) is 0 Å². The SMILES string of the molecule is CCNc1nc(Cl)nc(N2CC(C)CC(C)C2)n1. The second kappa shape index (κ2) is 5.69. The molecule has 0 aliphatic carbocycles. The van der Waals surface area contributed by atoms with E-state index >= 15 is 0 Å². The molecule has 1 aromatic heterocycles. The number of hydrogen-bond donors (Lipinski definition) is 1. The van der Waals surface area contributed by atoms with E-state index in [9.17, 15) is 0 Å². The van der Waals surface area contributed by atoms with Crippen molar-refractivity contribution in [2.75, 3.05) is 29.9 Å². The van der Waals surface area contributed by atoms with Crippen molar-refractivity contribution in [1.82, 2.24) is 15.0 Å². The molecular weight excluding hydrogens is 250 g/mol. The summed E-state index contributed by atoms with van der Waals surface area (Å²) < 4.78 is 0.